The van der Waals surface area contributed by atoms with Crippen molar-refractivity contribution in [3.05, 3.63) is 5.82 Å². The number of carbonyl (C=O) groups is 1. The standard InChI is InChI=1S/C20H33N5O3S2/c21-25-19(15-7-3-1-4-8-15)22-23-20(25)29-13-18(26)24(16-9-5-2-6-10-16)17-11-12-30(27,28)14-17/h15-17H,1-14,21H2. The normalized spacial score (nSPS) is 25.4. The van der Waals surface area contributed by atoms with Gasteiger partial charge in [-0.15, -0.1) is 10.2 Å². The van der Waals surface area contributed by atoms with Gasteiger partial charge in [0.05, 0.1) is 17.3 Å². The average molecular weight is 456 g/mol. The molecule has 1 aromatic rings. The summed E-state index contributed by atoms with van der Waals surface area (Å²) in [5.74, 6) is 7.92. The number of thioether (sulfide) groups is 1. The molecule has 0 aromatic carbocycles. The average Bonchev–Trinajstić information content (AvgIpc) is 3.29. The molecule has 8 nitrogen and oxygen atoms in total. The summed E-state index contributed by atoms with van der Waals surface area (Å²) in [7, 11) is -3.04. The van der Waals surface area contributed by atoms with Crippen LogP contribution in [0.3, 0.4) is 0 Å². The van der Waals surface area contributed by atoms with Crippen molar-refractivity contribution in [1.82, 2.24) is 19.8 Å². The van der Waals surface area contributed by atoms with Crippen molar-refractivity contribution >= 4 is 27.5 Å². The highest BCUT2D eigenvalue weighted by molar-refractivity contribution is 7.99. The Labute approximate surface area is 183 Å². The van der Waals surface area contributed by atoms with Crippen molar-refractivity contribution in [3.63, 3.8) is 0 Å². The number of hydrogen-bond donors (Lipinski definition) is 1. The van der Waals surface area contributed by atoms with Crippen LogP contribution in [0.2, 0.25) is 0 Å². The monoisotopic (exact) mass is 455 g/mol. The molecule has 3 fully saturated rings. The van der Waals surface area contributed by atoms with Crippen LogP contribution in [0.25, 0.3) is 0 Å². The van der Waals surface area contributed by atoms with Crippen LogP contribution in [0.5, 0.6) is 0 Å². The van der Waals surface area contributed by atoms with E-state index in [2.05, 4.69) is 10.2 Å². The van der Waals surface area contributed by atoms with Gasteiger partial charge in [0.1, 0.15) is 0 Å². The minimum Gasteiger partial charge on any atom is -0.336 e. The molecule has 30 heavy (non-hydrogen) atoms. The van der Waals surface area contributed by atoms with Crippen LogP contribution in [0.1, 0.15) is 82.4 Å². The maximum Gasteiger partial charge on any atom is 0.233 e. The molecule has 1 aliphatic heterocycles. The summed E-state index contributed by atoms with van der Waals surface area (Å²) in [6.07, 6.45) is 11.7. The Morgan fingerprint density at radius 1 is 1.00 bits per heavy atom. The highest BCUT2D eigenvalue weighted by Gasteiger charge is 2.38. The van der Waals surface area contributed by atoms with Crippen LogP contribution in [0, 0.1) is 0 Å². The Balaban J connectivity index is 1.43. The lowest BCUT2D eigenvalue weighted by atomic mass is 9.89. The van der Waals surface area contributed by atoms with Crippen molar-refractivity contribution < 1.29 is 13.2 Å². The van der Waals surface area contributed by atoms with Crippen molar-refractivity contribution in [3.8, 4) is 0 Å². The van der Waals surface area contributed by atoms with E-state index in [-0.39, 0.29) is 35.2 Å². The molecule has 0 radical (unpaired) electrons. The molecule has 3 aliphatic rings. The lowest BCUT2D eigenvalue weighted by molar-refractivity contribution is -0.133. The number of rotatable bonds is 6. The van der Waals surface area contributed by atoms with Gasteiger partial charge in [0.25, 0.3) is 0 Å². The molecular formula is C20H33N5O3S2. The summed E-state index contributed by atoms with van der Waals surface area (Å²) in [5.41, 5.74) is 0. The molecule has 1 unspecified atom stereocenters. The summed E-state index contributed by atoms with van der Waals surface area (Å²) in [4.78, 5) is 15.1. The van der Waals surface area contributed by atoms with Crippen molar-refractivity contribution in [1.29, 1.82) is 0 Å². The van der Waals surface area contributed by atoms with E-state index in [4.69, 9.17) is 5.84 Å². The first kappa shape index (κ1) is 21.9. The third-order valence-electron chi connectivity index (χ3n) is 6.84. The molecule has 2 saturated carbocycles. The van der Waals surface area contributed by atoms with Crippen LogP contribution >= 0.6 is 11.8 Å². The summed E-state index contributed by atoms with van der Waals surface area (Å²) in [6.45, 7) is 0. The Kier molecular flexibility index (Phi) is 6.91. The summed E-state index contributed by atoms with van der Waals surface area (Å²) in [6, 6.07) is -0.0431. The fraction of sp³-hybridized carbons (Fsp3) is 0.850. The van der Waals surface area contributed by atoms with Crippen LogP contribution in [0.15, 0.2) is 5.16 Å². The van der Waals surface area contributed by atoms with E-state index in [0.717, 1.165) is 44.3 Å². The quantitative estimate of drug-likeness (QED) is 0.518. The molecule has 168 valence electrons. The molecule has 2 heterocycles. The third-order valence-corrected chi connectivity index (χ3v) is 9.52. The zero-order chi connectivity index (χ0) is 21.1. The van der Waals surface area contributed by atoms with Gasteiger partial charge in [-0.05, 0) is 32.1 Å². The van der Waals surface area contributed by atoms with Crippen LogP contribution < -0.4 is 5.84 Å². The Hall–Kier alpha value is -1.29. The van der Waals surface area contributed by atoms with E-state index in [1.165, 1.54) is 37.4 Å². The molecular weight excluding hydrogens is 422 g/mol. The summed E-state index contributed by atoms with van der Waals surface area (Å²) < 4.78 is 25.6. The highest BCUT2D eigenvalue weighted by atomic mass is 32.2. The van der Waals surface area contributed by atoms with Gasteiger partial charge >= 0.3 is 0 Å². The minimum atomic E-state index is -3.04. The molecule has 4 rings (SSSR count). The summed E-state index contributed by atoms with van der Waals surface area (Å²) in [5, 5.41) is 9.11. The third kappa shape index (κ3) is 4.95. The van der Waals surface area contributed by atoms with Gasteiger partial charge in [-0.1, -0.05) is 50.3 Å². The molecule has 1 atom stereocenters. The highest BCUT2D eigenvalue weighted by Crippen LogP contribution is 2.33. The Morgan fingerprint density at radius 2 is 1.67 bits per heavy atom. The predicted octanol–water partition coefficient (Wildman–Crippen LogP) is 2.48. The smallest absolute Gasteiger partial charge is 0.233 e. The van der Waals surface area contributed by atoms with E-state index in [9.17, 15) is 13.2 Å². The second kappa shape index (κ2) is 9.46. The van der Waals surface area contributed by atoms with E-state index >= 15 is 0 Å². The van der Waals surface area contributed by atoms with E-state index in [0.29, 0.717) is 17.5 Å². The maximum absolute atomic E-state index is 13.2. The number of hydrogen-bond acceptors (Lipinski definition) is 7. The molecule has 0 spiro atoms. The molecule has 2 N–H and O–H groups in total. The van der Waals surface area contributed by atoms with Gasteiger partial charge in [0, 0.05) is 18.0 Å². The van der Waals surface area contributed by atoms with Gasteiger partial charge in [0.2, 0.25) is 11.1 Å². The lowest BCUT2D eigenvalue weighted by Gasteiger charge is -2.38. The second-order valence-electron chi connectivity index (χ2n) is 8.98. The zero-order valence-corrected chi connectivity index (χ0v) is 19.2. The van der Waals surface area contributed by atoms with Crippen LogP contribution in [0.4, 0.5) is 0 Å². The second-order valence-corrected chi connectivity index (χ2v) is 12.2. The van der Waals surface area contributed by atoms with E-state index < -0.39 is 9.84 Å². The lowest BCUT2D eigenvalue weighted by Crippen LogP contribution is -2.49. The SMILES string of the molecule is Nn1c(SCC(=O)N(C2CCCCC2)C2CCS(=O)(=O)C2)nnc1C1CCCCC1. The largest absolute Gasteiger partial charge is 0.336 e. The first-order chi connectivity index (χ1) is 14.4. The topological polar surface area (TPSA) is 111 Å². The fourth-order valence-electron chi connectivity index (χ4n) is 5.29. The van der Waals surface area contributed by atoms with Crippen molar-refractivity contribution in [2.75, 3.05) is 23.1 Å². The number of aromatic nitrogens is 3. The molecule has 1 amide bonds. The van der Waals surface area contributed by atoms with Gasteiger partial charge < -0.3 is 10.7 Å². The molecule has 0 bridgehead atoms. The Morgan fingerprint density at radius 3 is 2.30 bits per heavy atom. The van der Waals surface area contributed by atoms with Crippen molar-refractivity contribution in [2.24, 2.45) is 0 Å². The zero-order valence-electron chi connectivity index (χ0n) is 17.5. The maximum atomic E-state index is 13.2. The van der Waals surface area contributed by atoms with E-state index in [1.54, 1.807) is 4.68 Å². The van der Waals surface area contributed by atoms with Gasteiger partial charge in [-0.3, -0.25) is 4.79 Å². The number of nitrogens with two attached hydrogens (primary N) is 1. The Bertz CT molecular complexity index is 845. The van der Waals surface area contributed by atoms with Gasteiger partial charge in [0.15, 0.2) is 15.7 Å². The molecule has 1 aromatic heterocycles. The van der Waals surface area contributed by atoms with E-state index in [1.807, 2.05) is 4.90 Å². The van der Waals surface area contributed by atoms with Crippen LogP contribution in [-0.4, -0.2) is 63.4 Å². The first-order valence-corrected chi connectivity index (χ1v) is 14.1. The first-order valence-electron chi connectivity index (χ1n) is 11.3. The molecule has 10 heteroatoms. The summed E-state index contributed by atoms with van der Waals surface area (Å²) >= 11 is 1.31. The number of carbonyl (C=O) groups excluding carboxylic acids is 1. The number of nitrogens with zero attached hydrogens (tertiary/aromatic N) is 4. The predicted molar refractivity (Wildman–Crippen MR) is 118 cm³/mol. The molecule has 2 aliphatic carbocycles. The molecule has 1 saturated heterocycles. The van der Waals surface area contributed by atoms with Gasteiger partial charge in [-0.2, -0.15) is 0 Å². The van der Waals surface area contributed by atoms with Gasteiger partial charge in [-0.25, -0.2) is 13.1 Å². The van der Waals surface area contributed by atoms with Crippen LogP contribution in [-0.2, 0) is 14.6 Å². The minimum absolute atomic E-state index is 0.00350. The number of amides is 1. The number of nitrogen functional groups attached to an aromatic ring is 1. The number of sulfone groups is 1. The fourth-order valence-corrected chi connectivity index (χ4v) is 7.73. The van der Waals surface area contributed by atoms with Crippen molar-refractivity contribution in [2.45, 2.75) is 93.8 Å².